The predicted molar refractivity (Wildman–Crippen MR) is 94.2 cm³/mol. The fourth-order valence-electron chi connectivity index (χ4n) is 3.34. The van der Waals surface area contributed by atoms with E-state index in [0.717, 1.165) is 10.6 Å². The van der Waals surface area contributed by atoms with Crippen molar-refractivity contribution in [1.82, 2.24) is 9.96 Å². The van der Waals surface area contributed by atoms with Crippen molar-refractivity contribution in [2.75, 3.05) is 19.8 Å². The third-order valence-electron chi connectivity index (χ3n) is 4.65. The largest absolute Gasteiger partial charge is 0.464 e. The Morgan fingerprint density at radius 2 is 2.04 bits per heavy atom. The summed E-state index contributed by atoms with van der Waals surface area (Å²) >= 11 is 0. The van der Waals surface area contributed by atoms with Gasteiger partial charge in [-0.05, 0) is 25.3 Å². The average Bonchev–Trinajstić information content (AvgIpc) is 3.34. The first kappa shape index (κ1) is 19.2. The Balaban J connectivity index is 1.65. The molecule has 2 aliphatic rings. The highest BCUT2D eigenvalue weighted by Crippen LogP contribution is 2.24. The van der Waals surface area contributed by atoms with Gasteiger partial charge in [-0.1, -0.05) is 30.3 Å². The van der Waals surface area contributed by atoms with Gasteiger partial charge in [-0.15, -0.1) is 0 Å². The fraction of sp³-hybridized carbons (Fsp3) is 0.526. The van der Waals surface area contributed by atoms with Crippen molar-refractivity contribution in [3.8, 4) is 0 Å². The summed E-state index contributed by atoms with van der Waals surface area (Å²) in [6.45, 7) is 2.80. The number of esters is 1. The van der Waals surface area contributed by atoms with Crippen LogP contribution in [0.5, 0.6) is 0 Å². The van der Waals surface area contributed by atoms with E-state index < -0.39 is 30.1 Å². The van der Waals surface area contributed by atoms with E-state index in [4.69, 9.17) is 14.3 Å². The lowest BCUT2D eigenvalue weighted by Gasteiger charge is -2.30. The fourth-order valence-corrected chi connectivity index (χ4v) is 3.34. The first-order valence-corrected chi connectivity index (χ1v) is 9.21. The van der Waals surface area contributed by atoms with Gasteiger partial charge in [0, 0.05) is 13.0 Å². The summed E-state index contributed by atoms with van der Waals surface area (Å²) in [6.07, 6.45) is 1.03. The molecule has 0 aromatic heterocycles. The Bertz CT molecular complexity index is 680. The molecule has 2 atom stereocenters. The van der Waals surface area contributed by atoms with Crippen molar-refractivity contribution >= 4 is 18.0 Å². The minimum Gasteiger partial charge on any atom is -0.464 e. The predicted octanol–water partition coefficient (Wildman–Crippen LogP) is 1.88. The normalized spacial score (nSPS) is 21.8. The number of carbonyl (C=O) groups excluding carboxylic acids is 3. The second-order valence-electron chi connectivity index (χ2n) is 6.45. The number of rotatable bonds is 6. The van der Waals surface area contributed by atoms with E-state index in [1.165, 1.54) is 4.90 Å². The van der Waals surface area contributed by atoms with Crippen molar-refractivity contribution < 1.29 is 28.7 Å². The molecule has 1 aromatic carbocycles. The van der Waals surface area contributed by atoms with Crippen LogP contribution in [0.4, 0.5) is 4.79 Å². The molecule has 8 heteroatoms. The number of nitrogens with zero attached hydrogens (tertiary/aromatic N) is 2. The van der Waals surface area contributed by atoms with Crippen LogP contribution in [0.1, 0.15) is 31.7 Å². The van der Waals surface area contributed by atoms with Crippen molar-refractivity contribution in [1.29, 1.82) is 0 Å². The lowest BCUT2D eigenvalue weighted by atomic mass is 10.1. The van der Waals surface area contributed by atoms with Gasteiger partial charge in [-0.3, -0.25) is 14.5 Å². The lowest BCUT2D eigenvalue weighted by Crippen LogP contribution is -2.52. The van der Waals surface area contributed by atoms with Gasteiger partial charge in [0.15, 0.2) is 6.04 Å². The second-order valence-corrected chi connectivity index (χ2v) is 6.45. The number of hydrogen-bond acceptors (Lipinski definition) is 6. The van der Waals surface area contributed by atoms with Crippen LogP contribution in [0.3, 0.4) is 0 Å². The maximum Gasteiger partial charge on any atom is 0.410 e. The van der Waals surface area contributed by atoms with Crippen molar-refractivity contribution in [2.24, 2.45) is 0 Å². The minimum atomic E-state index is -0.764. The molecule has 1 aromatic rings. The minimum absolute atomic E-state index is 0.140. The van der Waals surface area contributed by atoms with Crippen LogP contribution in [-0.2, 0) is 30.5 Å². The molecule has 2 fully saturated rings. The van der Waals surface area contributed by atoms with Crippen LogP contribution >= 0.6 is 0 Å². The van der Waals surface area contributed by atoms with Gasteiger partial charge in [0.25, 0.3) is 5.91 Å². The quantitative estimate of drug-likeness (QED) is 0.557. The van der Waals surface area contributed by atoms with Crippen molar-refractivity contribution in [3.05, 3.63) is 35.9 Å². The highest BCUT2D eigenvalue weighted by molar-refractivity contribution is 5.89. The molecule has 2 heterocycles. The molecule has 2 aliphatic heterocycles. The number of carbonyl (C=O) groups is 3. The molecule has 0 unspecified atom stereocenters. The van der Waals surface area contributed by atoms with Gasteiger partial charge in [0.1, 0.15) is 12.6 Å². The summed E-state index contributed by atoms with van der Waals surface area (Å²) in [7, 11) is 0. The summed E-state index contributed by atoms with van der Waals surface area (Å²) in [5, 5.41) is 1.09. The molecular weight excluding hydrogens is 352 g/mol. The van der Waals surface area contributed by atoms with Gasteiger partial charge in [-0.2, -0.15) is 0 Å². The van der Waals surface area contributed by atoms with Crippen LogP contribution < -0.4 is 0 Å². The molecule has 0 saturated carbocycles. The number of ether oxygens (including phenoxy) is 2. The number of benzene rings is 1. The van der Waals surface area contributed by atoms with Crippen molar-refractivity contribution in [2.45, 2.75) is 44.9 Å². The summed E-state index contributed by atoms with van der Waals surface area (Å²) in [5.41, 5.74) is 0.873. The number of hydroxylamine groups is 2. The Kier molecular flexibility index (Phi) is 6.28. The molecule has 2 amide bonds. The lowest BCUT2D eigenvalue weighted by molar-refractivity contribution is -0.204. The summed E-state index contributed by atoms with van der Waals surface area (Å²) < 4.78 is 10.3. The van der Waals surface area contributed by atoms with Gasteiger partial charge < -0.3 is 9.47 Å². The average molecular weight is 376 g/mol. The first-order chi connectivity index (χ1) is 13.1. The highest BCUT2D eigenvalue weighted by atomic mass is 16.7. The van der Waals surface area contributed by atoms with Crippen LogP contribution in [-0.4, -0.2) is 59.8 Å². The summed E-state index contributed by atoms with van der Waals surface area (Å²) in [5.74, 6) is -0.886. The molecular formula is C19H24N2O6. The van der Waals surface area contributed by atoms with Gasteiger partial charge in [0.2, 0.25) is 0 Å². The molecule has 27 heavy (non-hydrogen) atoms. The maximum atomic E-state index is 13.0. The molecule has 3 rings (SSSR count). The van der Waals surface area contributed by atoms with E-state index in [-0.39, 0.29) is 19.8 Å². The van der Waals surface area contributed by atoms with Gasteiger partial charge >= 0.3 is 12.1 Å². The Hall–Kier alpha value is -2.61. The molecule has 0 bridgehead atoms. The van der Waals surface area contributed by atoms with E-state index in [1.807, 2.05) is 30.3 Å². The second kappa shape index (κ2) is 8.85. The highest BCUT2D eigenvalue weighted by Gasteiger charge is 2.43. The Morgan fingerprint density at radius 1 is 1.26 bits per heavy atom. The third-order valence-corrected chi connectivity index (χ3v) is 4.65. The molecule has 0 N–H and O–H groups in total. The number of hydrogen-bond donors (Lipinski definition) is 0. The smallest absolute Gasteiger partial charge is 0.410 e. The van der Waals surface area contributed by atoms with Crippen LogP contribution in [0, 0.1) is 0 Å². The molecule has 146 valence electrons. The zero-order valence-corrected chi connectivity index (χ0v) is 15.3. The van der Waals surface area contributed by atoms with E-state index >= 15 is 0 Å². The van der Waals surface area contributed by atoms with Crippen molar-refractivity contribution in [3.63, 3.8) is 0 Å². The van der Waals surface area contributed by atoms with Crippen LogP contribution in [0.15, 0.2) is 30.3 Å². The zero-order valence-electron chi connectivity index (χ0n) is 15.3. The van der Waals surface area contributed by atoms with E-state index in [9.17, 15) is 14.4 Å². The number of amides is 2. The standard InChI is InChI=1S/C19H24N2O6/c1-2-27-21(16-10-12-25-18(16)23)17(22)15-9-6-11-20(15)19(24)26-13-14-7-4-3-5-8-14/h3-5,7-8,15-16H,2,6,9-13H2,1H3/t15-,16-/m0/s1. The van der Waals surface area contributed by atoms with E-state index in [2.05, 4.69) is 0 Å². The maximum absolute atomic E-state index is 13.0. The summed E-state index contributed by atoms with van der Waals surface area (Å²) in [4.78, 5) is 44.2. The molecule has 0 spiro atoms. The van der Waals surface area contributed by atoms with Crippen LogP contribution in [0.25, 0.3) is 0 Å². The van der Waals surface area contributed by atoms with Crippen LogP contribution in [0.2, 0.25) is 0 Å². The first-order valence-electron chi connectivity index (χ1n) is 9.21. The third kappa shape index (κ3) is 4.39. The molecule has 0 aliphatic carbocycles. The molecule has 8 nitrogen and oxygen atoms in total. The molecule has 0 radical (unpaired) electrons. The van der Waals surface area contributed by atoms with E-state index in [1.54, 1.807) is 6.92 Å². The Morgan fingerprint density at radius 3 is 2.70 bits per heavy atom. The number of cyclic esters (lactones) is 1. The topological polar surface area (TPSA) is 85.4 Å². The number of likely N-dealkylation sites (tertiary alicyclic amines) is 1. The SMILES string of the molecule is CCON(C(=O)[C@@H]1CCCN1C(=O)OCc1ccccc1)[C@H]1CCOC1=O. The monoisotopic (exact) mass is 376 g/mol. The van der Waals surface area contributed by atoms with E-state index in [0.29, 0.717) is 25.8 Å². The Labute approximate surface area is 157 Å². The van der Waals surface area contributed by atoms with Gasteiger partial charge in [-0.25, -0.2) is 14.7 Å². The van der Waals surface area contributed by atoms with Gasteiger partial charge in [0.05, 0.1) is 13.2 Å². The molecule has 2 saturated heterocycles. The summed E-state index contributed by atoms with van der Waals surface area (Å²) in [6, 6.07) is 7.88. The zero-order chi connectivity index (χ0) is 19.2.